The van der Waals surface area contributed by atoms with Crippen molar-refractivity contribution >= 4 is 23.4 Å². The van der Waals surface area contributed by atoms with Gasteiger partial charge in [0.1, 0.15) is 11.8 Å². The Morgan fingerprint density at radius 2 is 1.58 bits per heavy atom. The van der Waals surface area contributed by atoms with Gasteiger partial charge in [-0.1, -0.05) is 96.0 Å². The summed E-state index contributed by atoms with van der Waals surface area (Å²) in [6, 6.07) is 25.9. The van der Waals surface area contributed by atoms with Crippen molar-refractivity contribution in [2.45, 2.75) is 51.1 Å². The van der Waals surface area contributed by atoms with Crippen molar-refractivity contribution in [1.29, 1.82) is 0 Å². The minimum Gasteiger partial charge on any atom is -0.482 e. The van der Waals surface area contributed by atoms with E-state index in [1.165, 1.54) is 18.4 Å². The number of carbonyl (C=O) groups excluding carboxylic acids is 2. The molecule has 3 aromatic rings. The number of hydrogen-bond acceptors (Lipinski definition) is 3. The molecule has 0 bridgehead atoms. The molecule has 0 spiro atoms. The predicted octanol–water partition coefficient (Wildman–Crippen LogP) is 6.37. The van der Waals surface area contributed by atoms with E-state index in [-0.39, 0.29) is 18.4 Å². The molecule has 0 aliphatic heterocycles. The first-order valence-electron chi connectivity index (χ1n) is 13.3. The number of amides is 2. The van der Waals surface area contributed by atoms with Gasteiger partial charge in [-0.25, -0.2) is 0 Å². The number of para-hydroxylation sites is 1. The minimum atomic E-state index is -0.694. The van der Waals surface area contributed by atoms with Crippen LogP contribution in [0, 0.1) is 0 Å². The van der Waals surface area contributed by atoms with Gasteiger partial charge in [0, 0.05) is 19.5 Å². The molecule has 1 atom stereocenters. The Bertz CT molecular complexity index is 1210. The number of nitrogens with zero attached hydrogens (tertiary/aromatic N) is 1. The van der Waals surface area contributed by atoms with E-state index in [1.54, 1.807) is 23.1 Å². The fraction of sp³-hybridized carbons (Fsp3) is 0.312. The first-order chi connectivity index (χ1) is 18.6. The number of nitrogens with one attached hydrogen (secondary N) is 1. The molecule has 1 N–H and O–H groups in total. The molecule has 0 aromatic heterocycles. The van der Waals surface area contributed by atoms with Crippen LogP contribution in [0.5, 0.6) is 5.75 Å². The van der Waals surface area contributed by atoms with Crippen LogP contribution in [0.15, 0.2) is 96.6 Å². The van der Waals surface area contributed by atoms with Gasteiger partial charge in [-0.05, 0) is 55.4 Å². The predicted molar refractivity (Wildman–Crippen MR) is 152 cm³/mol. The number of benzene rings is 3. The van der Waals surface area contributed by atoms with Crippen molar-refractivity contribution in [2.75, 3.05) is 13.2 Å². The molecule has 0 fully saturated rings. The highest BCUT2D eigenvalue weighted by Gasteiger charge is 2.30. The van der Waals surface area contributed by atoms with Crippen molar-refractivity contribution in [3.63, 3.8) is 0 Å². The Labute approximate surface area is 230 Å². The Morgan fingerprint density at radius 3 is 2.26 bits per heavy atom. The number of carbonyl (C=O) groups is 2. The average Bonchev–Trinajstić information content (AvgIpc) is 2.96. The third kappa shape index (κ3) is 8.22. The molecule has 0 saturated heterocycles. The summed E-state index contributed by atoms with van der Waals surface area (Å²) in [6.07, 6.45) is 8.20. The molecule has 0 radical (unpaired) electrons. The van der Waals surface area contributed by atoms with E-state index in [1.807, 2.05) is 66.7 Å². The first-order valence-corrected chi connectivity index (χ1v) is 13.7. The number of rotatable bonds is 12. The second-order valence-corrected chi connectivity index (χ2v) is 9.99. The fourth-order valence-electron chi connectivity index (χ4n) is 4.71. The maximum atomic E-state index is 13.7. The lowest BCUT2D eigenvalue weighted by Crippen LogP contribution is -2.51. The zero-order valence-corrected chi connectivity index (χ0v) is 22.4. The maximum absolute atomic E-state index is 13.7. The van der Waals surface area contributed by atoms with Crippen molar-refractivity contribution in [3.8, 4) is 5.75 Å². The zero-order chi connectivity index (χ0) is 26.6. The summed E-state index contributed by atoms with van der Waals surface area (Å²) in [5.74, 6) is -0.000810. The van der Waals surface area contributed by atoms with Gasteiger partial charge in [-0.15, -0.1) is 0 Å². The molecule has 0 unspecified atom stereocenters. The summed E-state index contributed by atoms with van der Waals surface area (Å²) < 4.78 is 5.80. The van der Waals surface area contributed by atoms with Crippen LogP contribution >= 0.6 is 11.6 Å². The normalized spacial score (nSPS) is 13.8. The van der Waals surface area contributed by atoms with Gasteiger partial charge in [0.15, 0.2) is 6.61 Å². The largest absolute Gasteiger partial charge is 0.482 e. The van der Waals surface area contributed by atoms with Crippen molar-refractivity contribution in [1.82, 2.24) is 10.2 Å². The van der Waals surface area contributed by atoms with Crippen LogP contribution in [0.4, 0.5) is 0 Å². The van der Waals surface area contributed by atoms with Gasteiger partial charge in [-0.3, -0.25) is 9.59 Å². The van der Waals surface area contributed by atoms with E-state index >= 15 is 0 Å². The Hall–Kier alpha value is -3.57. The molecule has 38 heavy (non-hydrogen) atoms. The number of halogens is 1. The van der Waals surface area contributed by atoms with Crippen LogP contribution in [-0.4, -0.2) is 35.9 Å². The van der Waals surface area contributed by atoms with Crippen molar-refractivity contribution in [2.24, 2.45) is 0 Å². The third-order valence-electron chi connectivity index (χ3n) is 6.79. The molecular formula is C32H35ClN2O3. The van der Waals surface area contributed by atoms with Gasteiger partial charge in [0.25, 0.3) is 5.91 Å². The summed E-state index contributed by atoms with van der Waals surface area (Å²) in [7, 11) is 0. The van der Waals surface area contributed by atoms with Crippen LogP contribution in [0.3, 0.4) is 0 Å². The lowest BCUT2D eigenvalue weighted by molar-refractivity contribution is -0.142. The van der Waals surface area contributed by atoms with Crippen LogP contribution < -0.4 is 10.1 Å². The van der Waals surface area contributed by atoms with E-state index in [0.717, 1.165) is 30.4 Å². The average molecular weight is 531 g/mol. The first kappa shape index (κ1) is 27.5. The maximum Gasteiger partial charge on any atom is 0.261 e. The second kappa shape index (κ2) is 14.4. The monoisotopic (exact) mass is 530 g/mol. The Kier molecular flexibility index (Phi) is 10.4. The molecule has 0 heterocycles. The Morgan fingerprint density at radius 1 is 0.895 bits per heavy atom. The molecule has 0 saturated carbocycles. The smallest absolute Gasteiger partial charge is 0.261 e. The second-order valence-electron chi connectivity index (χ2n) is 9.58. The lowest BCUT2D eigenvalue weighted by Gasteiger charge is -2.31. The topological polar surface area (TPSA) is 58.6 Å². The van der Waals surface area contributed by atoms with Gasteiger partial charge < -0.3 is 15.0 Å². The van der Waals surface area contributed by atoms with Gasteiger partial charge >= 0.3 is 0 Å². The molecule has 3 aromatic carbocycles. The minimum absolute atomic E-state index is 0.160. The summed E-state index contributed by atoms with van der Waals surface area (Å²) in [4.78, 5) is 29.0. The van der Waals surface area contributed by atoms with Crippen LogP contribution in [-0.2, 0) is 22.6 Å². The molecule has 1 aliphatic carbocycles. The molecule has 2 amide bonds. The number of allylic oxidation sites excluding steroid dienone is 1. The number of hydrogen-bond donors (Lipinski definition) is 1. The molecule has 6 heteroatoms. The van der Waals surface area contributed by atoms with E-state index in [2.05, 4.69) is 11.4 Å². The highest BCUT2D eigenvalue weighted by Crippen LogP contribution is 2.24. The van der Waals surface area contributed by atoms with Gasteiger partial charge in [0.05, 0.1) is 5.02 Å². The molecule has 5 nitrogen and oxygen atoms in total. The zero-order valence-electron chi connectivity index (χ0n) is 21.7. The van der Waals surface area contributed by atoms with E-state index < -0.39 is 6.04 Å². The molecule has 198 valence electrons. The summed E-state index contributed by atoms with van der Waals surface area (Å²) in [5.41, 5.74) is 3.33. The van der Waals surface area contributed by atoms with E-state index in [0.29, 0.717) is 30.3 Å². The Balaban J connectivity index is 1.54. The molecule has 1 aliphatic rings. The molecular weight excluding hydrogens is 496 g/mol. The highest BCUT2D eigenvalue weighted by atomic mass is 35.5. The van der Waals surface area contributed by atoms with Crippen molar-refractivity contribution < 1.29 is 14.3 Å². The molecule has 4 rings (SSSR count). The van der Waals surface area contributed by atoms with E-state index in [9.17, 15) is 9.59 Å². The van der Waals surface area contributed by atoms with Crippen LogP contribution in [0.25, 0.3) is 0 Å². The SMILES string of the molecule is O=C(NCCC1=CCCCC1)[C@H](Cc1ccccc1)N(Cc1ccccc1)C(=O)COc1ccccc1Cl. The summed E-state index contributed by atoms with van der Waals surface area (Å²) >= 11 is 6.24. The van der Waals surface area contributed by atoms with Crippen molar-refractivity contribution in [3.05, 3.63) is 113 Å². The van der Waals surface area contributed by atoms with Gasteiger partial charge in [-0.2, -0.15) is 0 Å². The van der Waals surface area contributed by atoms with Crippen LogP contribution in [0.2, 0.25) is 5.02 Å². The van der Waals surface area contributed by atoms with Gasteiger partial charge in [0.2, 0.25) is 5.91 Å². The fourth-order valence-corrected chi connectivity index (χ4v) is 4.90. The summed E-state index contributed by atoms with van der Waals surface area (Å²) in [5, 5.41) is 3.55. The highest BCUT2D eigenvalue weighted by molar-refractivity contribution is 6.32. The van der Waals surface area contributed by atoms with Crippen LogP contribution in [0.1, 0.15) is 43.2 Å². The summed E-state index contributed by atoms with van der Waals surface area (Å²) in [6.45, 7) is 0.628. The lowest BCUT2D eigenvalue weighted by atomic mass is 9.97. The number of ether oxygens (including phenoxy) is 1. The quantitative estimate of drug-likeness (QED) is 0.277. The standard InChI is InChI=1S/C32H35ClN2O3/c33-28-18-10-11-19-30(28)38-24-31(36)35(23-27-16-8-3-9-17-27)29(22-26-14-6-2-7-15-26)32(37)34-21-20-25-12-4-1-5-13-25/h2-3,6-12,14-19,29H,1,4-5,13,20-24H2,(H,34,37)/t29-/m0/s1. The third-order valence-corrected chi connectivity index (χ3v) is 7.10. The van der Waals surface area contributed by atoms with E-state index in [4.69, 9.17) is 16.3 Å².